The van der Waals surface area contributed by atoms with Crippen molar-refractivity contribution in [2.75, 3.05) is 25.4 Å². The first-order valence-electron chi connectivity index (χ1n) is 10.1. The molecule has 3 aromatic rings. The number of likely N-dealkylation sites (N-methyl/N-ethyl adjacent to an activating group) is 1. The van der Waals surface area contributed by atoms with E-state index in [1.54, 1.807) is 18.5 Å². The van der Waals surface area contributed by atoms with Gasteiger partial charge in [0.1, 0.15) is 17.1 Å². The van der Waals surface area contributed by atoms with Crippen molar-refractivity contribution in [3.63, 3.8) is 0 Å². The minimum absolute atomic E-state index is 0.107. The van der Waals surface area contributed by atoms with Crippen LogP contribution < -0.4 is 15.0 Å². The Morgan fingerprint density at radius 1 is 1.14 bits per heavy atom. The van der Waals surface area contributed by atoms with Crippen LogP contribution in [0.5, 0.6) is 17.4 Å². The van der Waals surface area contributed by atoms with Crippen LogP contribution >= 0.6 is 0 Å². The number of phenolic OH excluding ortho intramolecular Hbond substituents is 1. The standard InChI is InChI=1S/C23H26N4O2/c1-3-26(4-2)12-13-27-15-25-23-21(22(27)24)20(16-8-6-5-7-9-16)18-11-10-17(28)14-19(18)29-23/h5-11,14-15,20,24,28H,3-4,12-13H2,1-2H3/p+1/t20-/m1/s1. The molecule has 4 rings (SSSR count). The fourth-order valence-corrected chi connectivity index (χ4v) is 3.94. The number of hydrogen-bond donors (Lipinski definition) is 2. The van der Waals surface area contributed by atoms with Gasteiger partial charge in [-0.05, 0) is 24.7 Å². The lowest BCUT2D eigenvalue weighted by Crippen LogP contribution is -2.44. The maximum atomic E-state index is 9.93. The van der Waals surface area contributed by atoms with Crippen LogP contribution in [-0.2, 0) is 6.54 Å². The molecule has 2 aromatic carbocycles. The Bertz CT molecular complexity index is 1000. The van der Waals surface area contributed by atoms with Gasteiger partial charge in [0.05, 0.1) is 12.5 Å². The average molecular weight is 391 g/mol. The summed E-state index contributed by atoms with van der Waals surface area (Å²) in [5, 5.41) is 9.93. The molecule has 0 fully saturated rings. The number of nitrogens with zero attached hydrogens (tertiary/aromatic N) is 3. The number of anilines is 1. The first-order chi connectivity index (χ1) is 14.1. The van der Waals surface area contributed by atoms with Crippen molar-refractivity contribution < 1.29 is 14.4 Å². The Kier molecular flexibility index (Phi) is 5.36. The van der Waals surface area contributed by atoms with Gasteiger partial charge in [-0.3, -0.25) is 0 Å². The second-order valence-electron chi connectivity index (χ2n) is 7.24. The van der Waals surface area contributed by atoms with E-state index in [9.17, 15) is 5.11 Å². The molecule has 150 valence electrons. The number of ether oxygens (including phenoxy) is 1. The van der Waals surface area contributed by atoms with Gasteiger partial charge >= 0.3 is 5.88 Å². The lowest BCUT2D eigenvalue weighted by molar-refractivity contribution is -0.685. The highest BCUT2D eigenvalue weighted by atomic mass is 16.5. The quantitative estimate of drug-likeness (QED) is 0.493. The van der Waals surface area contributed by atoms with Gasteiger partial charge in [-0.1, -0.05) is 55.2 Å². The summed E-state index contributed by atoms with van der Waals surface area (Å²) in [6, 6.07) is 15.4. The number of hydrogen-bond acceptors (Lipinski definition) is 5. The zero-order chi connectivity index (χ0) is 20.4. The first kappa shape index (κ1) is 19.2. The Morgan fingerprint density at radius 2 is 1.90 bits per heavy atom. The number of benzene rings is 2. The topological polar surface area (TPSA) is 75.5 Å². The second-order valence-corrected chi connectivity index (χ2v) is 7.24. The number of rotatable bonds is 6. The van der Waals surface area contributed by atoms with Crippen LogP contribution in [-0.4, -0.2) is 34.6 Å². The van der Waals surface area contributed by atoms with Gasteiger partial charge in [0.15, 0.2) is 0 Å². The molecule has 0 spiro atoms. The van der Waals surface area contributed by atoms with E-state index in [0.29, 0.717) is 17.4 Å². The molecule has 29 heavy (non-hydrogen) atoms. The molecule has 6 heteroatoms. The third-order valence-electron chi connectivity index (χ3n) is 5.62. The van der Waals surface area contributed by atoms with Crippen LogP contribution in [0, 0.1) is 0 Å². The first-order valence-corrected chi connectivity index (χ1v) is 10.1. The van der Waals surface area contributed by atoms with Gasteiger partial charge < -0.3 is 20.5 Å². The number of aromatic hydroxyl groups is 1. The third kappa shape index (κ3) is 3.63. The van der Waals surface area contributed by atoms with E-state index in [2.05, 4.69) is 35.9 Å². The highest BCUT2D eigenvalue weighted by molar-refractivity contribution is 5.62. The zero-order valence-electron chi connectivity index (χ0n) is 16.9. The maximum Gasteiger partial charge on any atom is 0.306 e. The summed E-state index contributed by atoms with van der Waals surface area (Å²) < 4.78 is 8.04. The molecule has 0 aliphatic carbocycles. The molecule has 2 heterocycles. The van der Waals surface area contributed by atoms with Crippen molar-refractivity contribution in [1.82, 2.24) is 9.88 Å². The van der Waals surface area contributed by atoms with Crippen molar-refractivity contribution in [2.45, 2.75) is 26.3 Å². The molecule has 6 nitrogen and oxygen atoms in total. The Morgan fingerprint density at radius 3 is 2.62 bits per heavy atom. The van der Waals surface area contributed by atoms with Crippen LogP contribution in [0.2, 0.25) is 0 Å². The minimum Gasteiger partial charge on any atom is -0.508 e. The third-order valence-corrected chi connectivity index (χ3v) is 5.62. The molecule has 1 aliphatic heterocycles. The van der Waals surface area contributed by atoms with Gasteiger partial charge in [0.2, 0.25) is 12.1 Å². The van der Waals surface area contributed by atoms with Gasteiger partial charge in [-0.25, -0.2) is 4.57 Å². The summed E-state index contributed by atoms with van der Waals surface area (Å²) in [5.74, 6) is 1.82. The largest absolute Gasteiger partial charge is 0.508 e. The molecule has 0 saturated heterocycles. The summed E-state index contributed by atoms with van der Waals surface area (Å²) in [7, 11) is 0. The average Bonchev–Trinajstić information content (AvgIpc) is 2.75. The van der Waals surface area contributed by atoms with Gasteiger partial charge in [0, 0.05) is 18.2 Å². The number of aromatic nitrogens is 2. The van der Waals surface area contributed by atoms with E-state index in [4.69, 9.17) is 10.5 Å². The summed E-state index contributed by atoms with van der Waals surface area (Å²) in [5.41, 5.74) is 9.61. The Balaban J connectivity index is 1.81. The van der Waals surface area contributed by atoms with E-state index < -0.39 is 0 Å². The number of nitrogen functional groups attached to an aromatic ring is 1. The highest BCUT2D eigenvalue weighted by Crippen LogP contribution is 2.48. The zero-order valence-corrected chi connectivity index (χ0v) is 16.9. The lowest BCUT2D eigenvalue weighted by atomic mass is 9.83. The molecular formula is C23H27N4O2+. The normalized spacial score (nSPS) is 14.9. The van der Waals surface area contributed by atoms with Gasteiger partial charge in [-0.15, -0.1) is 0 Å². The lowest BCUT2D eigenvalue weighted by Gasteiger charge is -2.27. The van der Waals surface area contributed by atoms with Crippen molar-refractivity contribution in [1.29, 1.82) is 0 Å². The molecule has 0 unspecified atom stereocenters. The summed E-state index contributed by atoms with van der Waals surface area (Å²) in [4.78, 5) is 6.93. The van der Waals surface area contributed by atoms with Crippen molar-refractivity contribution >= 4 is 5.82 Å². The van der Waals surface area contributed by atoms with Crippen LogP contribution in [0.1, 0.15) is 36.5 Å². The van der Waals surface area contributed by atoms with Crippen LogP contribution in [0.3, 0.4) is 0 Å². The molecule has 1 aliphatic rings. The SMILES string of the molecule is CCN(CC)CC[n+]1cnc2c(c1N)[C@H](c1ccccc1)c1ccc(O)cc1O2. The van der Waals surface area contributed by atoms with Crippen LogP contribution in [0.15, 0.2) is 54.9 Å². The van der Waals surface area contributed by atoms with Gasteiger partial charge in [-0.2, -0.15) is 0 Å². The highest BCUT2D eigenvalue weighted by Gasteiger charge is 2.36. The molecule has 1 atom stereocenters. The maximum absolute atomic E-state index is 9.93. The second kappa shape index (κ2) is 8.09. The monoisotopic (exact) mass is 391 g/mol. The van der Waals surface area contributed by atoms with E-state index in [-0.39, 0.29) is 11.7 Å². The van der Waals surface area contributed by atoms with E-state index in [1.807, 2.05) is 28.8 Å². The van der Waals surface area contributed by atoms with E-state index in [1.165, 1.54) is 0 Å². The number of nitrogens with two attached hydrogens (primary N) is 1. The molecule has 1 aromatic heterocycles. The van der Waals surface area contributed by atoms with Crippen molar-refractivity contribution in [3.05, 3.63) is 71.5 Å². The van der Waals surface area contributed by atoms with Crippen LogP contribution in [0.4, 0.5) is 5.82 Å². The van der Waals surface area contributed by atoms with Crippen molar-refractivity contribution in [2.24, 2.45) is 0 Å². The summed E-state index contributed by atoms with van der Waals surface area (Å²) >= 11 is 0. The number of phenols is 1. The van der Waals surface area contributed by atoms with Crippen molar-refractivity contribution in [3.8, 4) is 17.4 Å². The Labute approximate surface area is 171 Å². The fourth-order valence-electron chi connectivity index (χ4n) is 3.94. The van der Waals surface area contributed by atoms with E-state index in [0.717, 1.165) is 42.9 Å². The molecule has 0 saturated carbocycles. The molecule has 3 N–H and O–H groups in total. The molecule has 0 bridgehead atoms. The molecule has 0 amide bonds. The summed E-state index contributed by atoms with van der Waals surface area (Å²) in [6.45, 7) is 7.99. The fraction of sp³-hybridized carbons (Fsp3) is 0.304. The molecule has 0 radical (unpaired) electrons. The van der Waals surface area contributed by atoms with E-state index >= 15 is 0 Å². The minimum atomic E-state index is -0.107. The molecular weight excluding hydrogens is 364 g/mol. The number of fused-ring (bicyclic) bond motifs is 2. The Hall–Kier alpha value is -3.12. The van der Waals surface area contributed by atoms with Crippen LogP contribution in [0.25, 0.3) is 0 Å². The predicted molar refractivity (Wildman–Crippen MR) is 112 cm³/mol. The van der Waals surface area contributed by atoms with Gasteiger partial charge in [0.25, 0.3) is 0 Å². The summed E-state index contributed by atoms with van der Waals surface area (Å²) in [6.07, 6.45) is 1.74. The smallest absolute Gasteiger partial charge is 0.306 e. The predicted octanol–water partition coefficient (Wildman–Crippen LogP) is 3.28.